The maximum absolute atomic E-state index is 4.65. The summed E-state index contributed by atoms with van der Waals surface area (Å²) < 4.78 is 1.94. The topological polar surface area (TPSA) is 58.5 Å². The number of aryl methyl sites for hydroxylation is 1. The average Bonchev–Trinajstić information content (AvgIpc) is 3.14. The van der Waals surface area contributed by atoms with Gasteiger partial charge in [0.2, 0.25) is 0 Å². The van der Waals surface area contributed by atoms with Crippen molar-refractivity contribution in [1.29, 1.82) is 0 Å². The first kappa shape index (κ1) is 12.3. The molecule has 5 nitrogen and oxygen atoms in total. The Balaban J connectivity index is 1.76. The minimum absolute atomic E-state index is 0.123. The van der Waals surface area contributed by atoms with Crippen LogP contribution >= 0.6 is 0 Å². The second-order valence-corrected chi connectivity index (χ2v) is 5.35. The molecule has 1 aromatic carbocycles. The van der Waals surface area contributed by atoms with E-state index in [1.54, 1.807) is 6.33 Å². The molecule has 21 heavy (non-hydrogen) atoms. The molecular weight excluding hydrogens is 262 g/mol. The van der Waals surface area contributed by atoms with Crippen molar-refractivity contribution in [1.82, 2.24) is 25.1 Å². The molecule has 3 aromatic rings. The summed E-state index contributed by atoms with van der Waals surface area (Å²) in [4.78, 5) is 7.72. The highest BCUT2D eigenvalue weighted by atomic mass is 15.3. The molecular formula is C16H17N5. The van der Waals surface area contributed by atoms with Gasteiger partial charge in [-0.2, -0.15) is 5.10 Å². The van der Waals surface area contributed by atoms with Gasteiger partial charge in [0.15, 0.2) is 0 Å². The number of nitrogens with zero attached hydrogens (tertiary/aromatic N) is 3. The second kappa shape index (κ2) is 4.86. The van der Waals surface area contributed by atoms with Gasteiger partial charge >= 0.3 is 0 Å². The number of imidazole rings is 1. The molecule has 106 valence electrons. The van der Waals surface area contributed by atoms with Gasteiger partial charge in [0, 0.05) is 30.4 Å². The molecule has 4 rings (SSSR count). The van der Waals surface area contributed by atoms with Crippen LogP contribution in [0.2, 0.25) is 0 Å². The quantitative estimate of drug-likeness (QED) is 0.755. The van der Waals surface area contributed by atoms with E-state index in [-0.39, 0.29) is 6.04 Å². The summed E-state index contributed by atoms with van der Waals surface area (Å²) in [5, 5.41) is 8.20. The maximum atomic E-state index is 4.65. The van der Waals surface area contributed by atoms with Crippen LogP contribution in [-0.2, 0) is 6.42 Å². The Kier molecular flexibility index (Phi) is 2.86. The zero-order valence-electron chi connectivity index (χ0n) is 11.9. The van der Waals surface area contributed by atoms with Crippen LogP contribution in [0.3, 0.4) is 0 Å². The second-order valence-electron chi connectivity index (χ2n) is 5.35. The summed E-state index contributed by atoms with van der Waals surface area (Å²) in [6.45, 7) is 3.01. The van der Waals surface area contributed by atoms with Crippen molar-refractivity contribution in [2.75, 3.05) is 6.54 Å². The van der Waals surface area contributed by atoms with Crippen molar-refractivity contribution < 1.29 is 0 Å². The monoisotopic (exact) mass is 279 g/mol. The van der Waals surface area contributed by atoms with Crippen molar-refractivity contribution in [2.45, 2.75) is 19.4 Å². The molecule has 3 heterocycles. The number of nitrogens with one attached hydrogen (secondary N) is 2. The fourth-order valence-electron chi connectivity index (χ4n) is 2.95. The van der Waals surface area contributed by atoms with E-state index in [0.717, 1.165) is 30.0 Å². The van der Waals surface area contributed by atoms with E-state index in [2.05, 4.69) is 45.6 Å². The van der Waals surface area contributed by atoms with Gasteiger partial charge in [0.25, 0.3) is 0 Å². The first-order chi connectivity index (χ1) is 10.3. The van der Waals surface area contributed by atoms with Crippen LogP contribution in [0.1, 0.15) is 28.7 Å². The average molecular weight is 279 g/mol. The summed E-state index contributed by atoms with van der Waals surface area (Å²) in [5.74, 6) is 0. The van der Waals surface area contributed by atoms with E-state index in [1.807, 2.05) is 22.9 Å². The Bertz CT molecular complexity index is 756. The normalized spacial score (nSPS) is 17.7. The molecule has 0 bridgehead atoms. The minimum atomic E-state index is 0.123. The zero-order valence-corrected chi connectivity index (χ0v) is 11.9. The third-order valence-electron chi connectivity index (χ3n) is 4.02. The van der Waals surface area contributed by atoms with Crippen LogP contribution in [0.4, 0.5) is 0 Å². The summed E-state index contributed by atoms with van der Waals surface area (Å²) in [5.41, 5.74) is 5.62. The standard InChI is InChI=1S/C16H17N5/c1-11-13(9-21(20-11)12-5-3-2-4-6-12)15-16-14(7-8-17-15)18-10-19-16/h2-6,9-10,15,17H,7-8H2,1H3,(H,18,19)/t15-/m1/s1. The van der Waals surface area contributed by atoms with Crippen LogP contribution in [0, 0.1) is 6.92 Å². The highest BCUT2D eigenvalue weighted by molar-refractivity contribution is 5.37. The summed E-state index contributed by atoms with van der Waals surface area (Å²) in [7, 11) is 0. The molecule has 2 N–H and O–H groups in total. The number of aromatic amines is 1. The van der Waals surface area contributed by atoms with Gasteiger partial charge in [-0.3, -0.25) is 0 Å². The number of hydrogen-bond acceptors (Lipinski definition) is 3. The molecule has 1 aliphatic heterocycles. The molecule has 1 aliphatic rings. The van der Waals surface area contributed by atoms with Crippen molar-refractivity contribution in [2.24, 2.45) is 0 Å². The van der Waals surface area contributed by atoms with Gasteiger partial charge < -0.3 is 10.3 Å². The molecule has 0 saturated carbocycles. The van der Waals surface area contributed by atoms with Gasteiger partial charge in [0.05, 0.1) is 29.4 Å². The van der Waals surface area contributed by atoms with Gasteiger partial charge in [0.1, 0.15) is 0 Å². The molecule has 0 fully saturated rings. The van der Waals surface area contributed by atoms with E-state index in [1.165, 1.54) is 11.3 Å². The Morgan fingerprint density at radius 1 is 1.24 bits per heavy atom. The van der Waals surface area contributed by atoms with Crippen LogP contribution in [0.5, 0.6) is 0 Å². The Morgan fingerprint density at radius 2 is 2.10 bits per heavy atom. The lowest BCUT2D eigenvalue weighted by atomic mass is 9.99. The van der Waals surface area contributed by atoms with Gasteiger partial charge in [-0.15, -0.1) is 0 Å². The third-order valence-corrected chi connectivity index (χ3v) is 4.02. The molecule has 0 spiro atoms. The summed E-state index contributed by atoms with van der Waals surface area (Å²) in [6, 6.07) is 10.3. The Morgan fingerprint density at radius 3 is 2.95 bits per heavy atom. The van der Waals surface area contributed by atoms with E-state index in [4.69, 9.17) is 0 Å². The fourth-order valence-corrected chi connectivity index (χ4v) is 2.95. The molecule has 0 amide bonds. The highest BCUT2D eigenvalue weighted by Crippen LogP contribution is 2.28. The third kappa shape index (κ3) is 2.06. The summed E-state index contributed by atoms with van der Waals surface area (Å²) >= 11 is 0. The smallest absolute Gasteiger partial charge is 0.0926 e. The first-order valence-electron chi connectivity index (χ1n) is 7.20. The lowest BCUT2D eigenvalue weighted by molar-refractivity contribution is 0.551. The fraction of sp³-hybridized carbons (Fsp3) is 0.250. The molecule has 0 unspecified atom stereocenters. The predicted molar refractivity (Wildman–Crippen MR) is 80.4 cm³/mol. The number of rotatable bonds is 2. The predicted octanol–water partition coefficient (Wildman–Crippen LogP) is 2.14. The number of aromatic nitrogens is 4. The zero-order chi connectivity index (χ0) is 14.2. The number of hydrogen-bond donors (Lipinski definition) is 2. The van der Waals surface area contributed by atoms with Gasteiger partial charge in [-0.05, 0) is 19.1 Å². The molecule has 0 saturated heterocycles. The van der Waals surface area contributed by atoms with E-state index >= 15 is 0 Å². The number of para-hydroxylation sites is 1. The number of fused-ring (bicyclic) bond motifs is 1. The SMILES string of the molecule is Cc1nn(-c2ccccc2)cc1[C@H]1NCCc2[nH]cnc21. The van der Waals surface area contributed by atoms with Crippen molar-refractivity contribution in [3.8, 4) is 5.69 Å². The first-order valence-corrected chi connectivity index (χ1v) is 7.20. The van der Waals surface area contributed by atoms with E-state index in [9.17, 15) is 0 Å². The lowest BCUT2D eigenvalue weighted by Gasteiger charge is -2.22. The Hall–Kier alpha value is -2.40. The largest absolute Gasteiger partial charge is 0.348 e. The molecule has 1 atom stereocenters. The molecule has 5 heteroatoms. The van der Waals surface area contributed by atoms with Gasteiger partial charge in [-0.25, -0.2) is 9.67 Å². The Labute approximate surface area is 123 Å². The van der Waals surface area contributed by atoms with Crippen LogP contribution in [-0.4, -0.2) is 26.3 Å². The van der Waals surface area contributed by atoms with Crippen LogP contribution in [0.25, 0.3) is 5.69 Å². The summed E-state index contributed by atoms with van der Waals surface area (Å²) in [6.07, 6.45) is 4.88. The van der Waals surface area contributed by atoms with Crippen LogP contribution in [0.15, 0.2) is 42.9 Å². The van der Waals surface area contributed by atoms with Crippen LogP contribution < -0.4 is 5.32 Å². The number of H-pyrrole nitrogens is 1. The highest BCUT2D eigenvalue weighted by Gasteiger charge is 2.26. The van der Waals surface area contributed by atoms with E-state index in [0.29, 0.717) is 0 Å². The van der Waals surface area contributed by atoms with Crippen molar-refractivity contribution in [3.63, 3.8) is 0 Å². The van der Waals surface area contributed by atoms with E-state index < -0.39 is 0 Å². The number of benzene rings is 1. The van der Waals surface area contributed by atoms with Gasteiger partial charge in [-0.1, -0.05) is 18.2 Å². The van der Waals surface area contributed by atoms with Crippen molar-refractivity contribution in [3.05, 3.63) is 65.5 Å². The molecule has 0 aliphatic carbocycles. The molecule has 0 radical (unpaired) electrons. The lowest BCUT2D eigenvalue weighted by Crippen LogP contribution is -2.30. The minimum Gasteiger partial charge on any atom is -0.348 e. The molecule has 2 aromatic heterocycles. The maximum Gasteiger partial charge on any atom is 0.0926 e. The van der Waals surface area contributed by atoms with Crippen molar-refractivity contribution >= 4 is 0 Å².